The van der Waals surface area contributed by atoms with Gasteiger partial charge in [0.05, 0.1) is 32.2 Å². The van der Waals surface area contributed by atoms with E-state index in [9.17, 15) is 9.90 Å². The summed E-state index contributed by atoms with van der Waals surface area (Å²) in [5.74, 6) is 3.95. The van der Waals surface area contributed by atoms with Gasteiger partial charge in [-0.25, -0.2) is 0 Å². The van der Waals surface area contributed by atoms with E-state index in [4.69, 9.17) is 14.2 Å². The molecule has 0 aliphatic heterocycles. The first-order valence-electron chi connectivity index (χ1n) is 13.3. The first-order chi connectivity index (χ1) is 18.4. The standard InChI is InChI=1S/C21H21O3S.C11H16O2/c1-22-16-4-10-19(11-5-16)25(20-12-6-17(23-2)7-13-20)21-14-8-18(24-3)9-15-21;12-10(13)11-4-7-1-8(5-11)3-9(2-7)6-11/h4-15H,1-3H3;7-9H,1-6H2,(H,12,13)/q+1;/p-1. The van der Waals surface area contributed by atoms with Crippen LogP contribution in [-0.4, -0.2) is 27.3 Å². The molecule has 4 bridgehead atoms. The third-order valence-electron chi connectivity index (χ3n) is 8.36. The molecule has 0 aromatic heterocycles. The van der Waals surface area contributed by atoms with Crippen LogP contribution in [0.15, 0.2) is 87.5 Å². The van der Waals surface area contributed by atoms with E-state index >= 15 is 0 Å². The number of carboxylic acids is 1. The Kier molecular flexibility index (Phi) is 7.89. The Morgan fingerprint density at radius 3 is 1.16 bits per heavy atom. The molecule has 5 nitrogen and oxygen atoms in total. The zero-order valence-electron chi connectivity index (χ0n) is 22.4. The van der Waals surface area contributed by atoms with Crippen LogP contribution in [0.2, 0.25) is 0 Å². The van der Waals surface area contributed by atoms with Gasteiger partial charge in [0.25, 0.3) is 0 Å². The van der Waals surface area contributed by atoms with Crippen molar-refractivity contribution in [2.75, 3.05) is 21.3 Å². The third-order valence-corrected chi connectivity index (χ3v) is 10.6. The number of benzene rings is 3. The summed E-state index contributed by atoms with van der Waals surface area (Å²) in [5, 5.41) is 11.1. The monoisotopic (exact) mass is 532 g/mol. The van der Waals surface area contributed by atoms with Crippen molar-refractivity contribution in [3.05, 3.63) is 72.8 Å². The molecule has 0 spiro atoms. The van der Waals surface area contributed by atoms with Gasteiger partial charge >= 0.3 is 0 Å². The Balaban J connectivity index is 0.000000187. The average molecular weight is 533 g/mol. The predicted octanol–water partition coefficient (Wildman–Crippen LogP) is 5.76. The van der Waals surface area contributed by atoms with Crippen LogP contribution in [0.25, 0.3) is 0 Å². The largest absolute Gasteiger partial charge is 0.550 e. The molecule has 7 rings (SSSR count). The quantitative estimate of drug-likeness (QED) is 0.362. The molecule has 4 aliphatic carbocycles. The second kappa shape index (κ2) is 11.3. The number of ether oxygens (including phenoxy) is 3. The molecular formula is C32H36O5S. The normalized spacial score (nSPS) is 24.9. The van der Waals surface area contributed by atoms with Gasteiger partial charge in [0.1, 0.15) is 17.2 Å². The van der Waals surface area contributed by atoms with Gasteiger partial charge in [-0.1, -0.05) is 0 Å². The van der Waals surface area contributed by atoms with E-state index in [1.54, 1.807) is 21.3 Å². The average Bonchev–Trinajstić information content (AvgIpc) is 2.94. The molecule has 200 valence electrons. The van der Waals surface area contributed by atoms with Crippen molar-refractivity contribution in [3.8, 4) is 17.2 Å². The van der Waals surface area contributed by atoms with Gasteiger partial charge in [-0.2, -0.15) is 0 Å². The van der Waals surface area contributed by atoms with Gasteiger partial charge in [0.2, 0.25) is 0 Å². The second-order valence-corrected chi connectivity index (χ2v) is 12.8. The fourth-order valence-corrected chi connectivity index (χ4v) is 8.95. The SMILES string of the molecule is COc1ccc([S+](c2ccc(OC)cc2)c2ccc(OC)cc2)cc1.O=C([O-])C12CC3CC(CC(C3)C1)C2. The minimum Gasteiger partial charge on any atom is -0.550 e. The predicted molar refractivity (Wildman–Crippen MR) is 147 cm³/mol. The van der Waals surface area contributed by atoms with Gasteiger partial charge in [-0.05, 0) is 129 Å². The highest BCUT2D eigenvalue weighted by molar-refractivity contribution is 7.97. The van der Waals surface area contributed by atoms with Gasteiger partial charge in [0.15, 0.2) is 14.7 Å². The van der Waals surface area contributed by atoms with Crippen molar-refractivity contribution >= 4 is 16.9 Å². The van der Waals surface area contributed by atoms with Gasteiger partial charge in [0, 0.05) is 11.4 Å². The van der Waals surface area contributed by atoms with Crippen LogP contribution in [0, 0.1) is 23.2 Å². The molecule has 4 aliphatic rings. The van der Waals surface area contributed by atoms with E-state index in [1.807, 2.05) is 36.4 Å². The molecule has 0 saturated heterocycles. The molecular weight excluding hydrogens is 496 g/mol. The minimum atomic E-state index is -0.758. The van der Waals surface area contributed by atoms with Crippen LogP contribution in [0.3, 0.4) is 0 Å². The lowest BCUT2D eigenvalue weighted by Crippen LogP contribution is -2.54. The fraction of sp³-hybridized carbons (Fsp3) is 0.406. The summed E-state index contributed by atoms with van der Waals surface area (Å²) < 4.78 is 15.9. The van der Waals surface area contributed by atoms with Crippen molar-refractivity contribution in [2.24, 2.45) is 23.2 Å². The van der Waals surface area contributed by atoms with E-state index in [0.29, 0.717) is 17.8 Å². The van der Waals surface area contributed by atoms with E-state index in [-0.39, 0.29) is 10.9 Å². The molecule has 38 heavy (non-hydrogen) atoms. The highest BCUT2D eigenvalue weighted by Crippen LogP contribution is 2.59. The molecule has 0 N–H and O–H groups in total. The number of hydrogen-bond donors (Lipinski definition) is 0. The zero-order chi connectivity index (χ0) is 26.7. The van der Waals surface area contributed by atoms with Crippen molar-refractivity contribution < 1.29 is 24.1 Å². The Morgan fingerprint density at radius 1 is 0.632 bits per heavy atom. The van der Waals surface area contributed by atoms with Crippen LogP contribution in [-0.2, 0) is 15.7 Å². The maximum atomic E-state index is 11.1. The molecule has 0 amide bonds. The zero-order valence-corrected chi connectivity index (χ0v) is 23.2. The second-order valence-electron chi connectivity index (χ2n) is 10.8. The molecule has 4 fully saturated rings. The molecule has 6 heteroatoms. The minimum absolute atomic E-state index is 0.212. The van der Waals surface area contributed by atoms with Gasteiger partial charge < -0.3 is 24.1 Å². The topological polar surface area (TPSA) is 67.8 Å². The van der Waals surface area contributed by atoms with E-state index in [0.717, 1.165) is 36.5 Å². The smallest absolute Gasteiger partial charge is 0.166 e. The van der Waals surface area contributed by atoms with Crippen LogP contribution in [0.5, 0.6) is 17.2 Å². The highest BCUT2D eigenvalue weighted by Gasteiger charge is 2.51. The first kappa shape index (κ1) is 26.5. The number of hydrogen-bond acceptors (Lipinski definition) is 5. The number of carbonyl (C=O) groups is 1. The maximum absolute atomic E-state index is 11.1. The third kappa shape index (κ3) is 5.51. The van der Waals surface area contributed by atoms with E-state index in [2.05, 4.69) is 36.4 Å². The maximum Gasteiger partial charge on any atom is 0.166 e. The first-order valence-corrected chi connectivity index (χ1v) is 14.5. The van der Waals surface area contributed by atoms with Crippen LogP contribution < -0.4 is 19.3 Å². The van der Waals surface area contributed by atoms with Crippen molar-refractivity contribution in [2.45, 2.75) is 53.2 Å². The summed E-state index contributed by atoms with van der Waals surface area (Å²) in [4.78, 5) is 14.8. The number of methoxy groups -OCH3 is 3. The summed E-state index contributed by atoms with van der Waals surface area (Å²) >= 11 is 0. The van der Waals surface area contributed by atoms with E-state index in [1.165, 1.54) is 33.9 Å². The number of aliphatic carboxylic acids is 1. The van der Waals surface area contributed by atoms with Crippen LogP contribution in [0.1, 0.15) is 38.5 Å². The van der Waals surface area contributed by atoms with Crippen molar-refractivity contribution in [1.82, 2.24) is 0 Å². The summed E-state index contributed by atoms with van der Waals surface area (Å²) in [7, 11) is 4.83. The van der Waals surface area contributed by atoms with Crippen molar-refractivity contribution in [3.63, 3.8) is 0 Å². The van der Waals surface area contributed by atoms with Gasteiger partial charge in [-0.15, -0.1) is 0 Å². The highest BCUT2D eigenvalue weighted by atomic mass is 32.2. The Hall–Kier alpha value is -3.12. The summed E-state index contributed by atoms with van der Waals surface area (Å²) in [5.41, 5.74) is -0.394. The molecule has 0 atom stereocenters. The van der Waals surface area contributed by atoms with Gasteiger partial charge in [-0.3, -0.25) is 0 Å². The summed E-state index contributed by atoms with van der Waals surface area (Å²) in [6.07, 6.45) is 6.65. The molecule has 3 aromatic carbocycles. The summed E-state index contributed by atoms with van der Waals surface area (Å²) in [6.45, 7) is 0. The summed E-state index contributed by atoms with van der Waals surface area (Å²) in [6, 6.07) is 24.7. The van der Waals surface area contributed by atoms with Crippen LogP contribution in [0.4, 0.5) is 0 Å². The Morgan fingerprint density at radius 2 is 0.921 bits per heavy atom. The molecule has 0 radical (unpaired) electrons. The number of carboxylic acid groups (broad SMARTS) is 1. The number of rotatable bonds is 7. The lowest BCUT2D eigenvalue weighted by atomic mass is 9.49. The van der Waals surface area contributed by atoms with E-state index < -0.39 is 11.4 Å². The number of carbonyl (C=O) groups excluding carboxylic acids is 1. The lowest BCUT2D eigenvalue weighted by Gasteiger charge is -2.57. The Bertz CT molecular complexity index is 1070. The molecule has 3 aromatic rings. The molecule has 0 heterocycles. The van der Waals surface area contributed by atoms with Crippen molar-refractivity contribution in [1.29, 1.82) is 0 Å². The Labute approximate surface area is 228 Å². The molecule has 0 unspecified atom stereocenters. The molecule has 4 saturated carbocycles. The van der Waals surface area contributed by atoms with Crippen LogP contribution >= 0.6 is 0 Å². The lowest BCUT2D eigenvalue weighted by molar-refractivity contribution is -0.327. The fourth-order valence-electron chi connectivity index (χ4n) is 6.90.